The van der Waals surface area contributed by atoms with Crippen molar-refractivity contribution in [2.24, 2.45) is 28.9 Å². The first-order valence-corrected chi connectivity index (χ1v) is 7.81. The summed E-state index contributed by atoms with van der Waals surface area (Å²) in [6.07, 6.45) is 5.90. The van der Waals surface area contributed by atoms with E-state index in [1.165, 1.54) is 19.3 Å². The van der Waals surface area contributed by atoms with E-state index in [-0.39, 0.29) is 17.4 Å². The maximum atomic E-state index is 12.8. The predicted octanol–water partition coefficient (Wildman–Crippen LogP) is 0.999. The minimum Gasteiger partial charge on any atom is -0.381 e. The summed E-state index contributed by atoms with van der Waals surface area (Å²) in [6, 6.07) is 0.127. The molecule has 1 amide bonds. The van der Waals surface area contributed by atoms with Crippen LogP contribution in [0.3, 0.4) is 0 Å². The number of likely N-dealkylation sites (tertiary alicyclic amines) is 1. The van der Waals surface area contributed by atoms with Gasteiger partial charge in [-0.1, -0.05) is 0 Å². The average Bonchev–Trinajstić information content (AvgIpc) is 3.15. The Kier molecular flexibility index (Phi) is 2.68. The highest BCUT2D eigenvalue weighted by molar-refractivity contribution is 5.81. The molecule has 2 heterocycles. The van der Waals surface area contributed by atoms with Gasteiger partial charge in [-0.3, -0.25) is 4.79 Å². The highest BCUT2D eigenvalue weighted by atomic mass is 16.5. The molecule has 4 rings (SSSR count). The van der Waals surface area contributed by atoms with Gasteiger partial charge in [0, 0.05) is 31.2 Å². The molecular weight excluding hydrogens is 240 g/mol. The number of fused-ring (bicyclic) bond motifs is 2. The monoisotopic (exact) mass is 264 g/mol. The zero-order chi connectivity index (χ0) is 13.0. The van der Waals surface area contributed by atoms with E-state index < -0.39 is 0 Å². The lowest BCUT2D eigenvalue weighted by molar-refractivity contribution is -0.137. The van der Waals surface area contributed by atoms with E-state index in [0.717, 1.165) is 39.1 Å². The van der Waals surface area contributed by atoms with Gasteiger partial charge in [0.15, 0.2) is 0 Å². The summed E-state index contributed by atoms with van der Waals surface area (Å²) in [6.45, 7) is 3.55. The van der Waals surface area contributed by atoms with Crippen molar-refractivity contribution in [2.45, 2.75) is 38.1 Å². The molecule has 4 nitrogen and oxygen atoms in total. The lowest BCUT2D eigenvalue weighted by Crippen LogP contribution is -2.47. The third kappa shape index (κ3) is 1.76. The molecule has 2 aliphatic carbocycles. The molecule has 2 saturated heterocycles. The van der Waals surface area contributed by atoms with Crippen LogP contribution in [0.4, 0.5) is 0 Å². The van der Waals surface area contributed by atoms with Crippen molar-refractivity contribution >= 4 is 5.91 Å². The molecule has 0 aromatic rings. The maximum absolute atomic E-state index is 12.8. The van der Waals surface area contributed by atoms with Crippen molar-refractivity contribution in [3.05, 3.63) is 0 Å². The zero-order valence-electron chi connectivity index (χ0n) is 11.5. The van der Waals surface area contributed by atoms with E-state index in [0.29, 0.717) is 17.7 Å². The Morgan fingerprint density at radius 2 is 2.11 bits per heavy atom. The van der Waals surface area contributed by atoms with Crippen LogP contribution in [0.25, 0.3) is 0 Å². The fraction of sp³-hybridized carbons (Fsp3) is 0.933. The van der Waals surface area contributed by atoms with Crippen LogP contribution < -0.4 is 5.73 Å². The Morgan fingerprint density at radius 1 is 1.26 bits per heavy atom. The van der Waals surface area contributed by atoms with Gasteiger partial charge in [0.1, 0.15) is 0 Å². The maximum Gasteiger partial charge on any atom is 0.227 e. The van der Waals surface area contributed by atoms with Crippen LogP contribution in [-0.4, -0.2) is 43.2 Å². The first kappa shape index (κ1) is 12.2. The standard InChI is InChI=1S/C15H24N2O2/c16-13-11-2-1-10(7-11)12(13)14(18)17-5-3-15(8-17)4-6-19-9-15/h10-13H,1-9,16H2/t10-,11-,12+,13+,15-/m0/s1. The van der Waals surface area contributed by atoms with Crippen molar-refractivity contribution in [3.8, 4) is 0 Å². The molecule has 19 heavy (non-hydrogen) atoms. The molecule has 2 N–H and O–H groups in total. The first-order valence-electron chi connectivity index (χ1n) is 7.81. The summed E-state index contributed by atoms with van der Waals surface area (Å²) < 4.78 is 5.54. The summed E-state index contributed by atoms with van der Waals surface area (Å²) in [5.74, 6) is 1.66. The number of amides is 1. The van der Waals surface area contributed by atoms with Crippen molar-refractivity contribution in [2.75, 3.05) is 26.3 Å². The second kappa shape index (κ2) is 4.19. The molecule has 1 spiro atoms. The fourth-order valence-corrected chi connectivity index (χ4v) is 5.01. The smallest absolute Gasteiger partial charge is 0.227 e. The van der Waals surface area contributed by atoms with Gasteiger partial charge in [0.2, 0.25) is 5.91 Å². The number of carbonyl (C=O) groups excluding carboxylic acids is 1. The molecule has 4 heteroatoms. The summed E-state index contributed by atoms with van der Waals surface area (Å²) >= 11 is 0. The Morgan fingerprint density at radius 3 is 2.79 bits per heavy atom. The fourth-order valence-electron chi connectivity index (χ4n) is 5.01. The van der Waals surface area contributed by atoms with E-state index in [1.54, 1.807) is 0 Å². The van der Waals surface area contributed by atoms with Crippen molar-refractivity contribution in [1.29, 1.82) is 0 Å². The average molecular weight is 264 g/mol. The van der Waals surface area contributed by atoms with Crippen LogP contribution in [0.2, 0.25) is 0 Å². The van der Waals surface area contributed by atoms with Gasteiger partial charge < -0.3 is 15.4 Å². The predicted molar refractivity (Wildman–Crippen MR) is 71.4 cm³/mol. The first-order chi connectivity index (χ1) is 9.19. The Balaban J connectivity index is 1.47. The lowest BCUT2D eigenvalue weighted by Gasteiger charge is -2.31. The van der Waals surface area contributed by atoms with Crippen molar-refractivity contribution in [1.82, 2.24) is 4.90 Å². The molecule has 0 unspecified atom stereocenters. The van der Waals surface area contributed by atoms with Crippen molar-refractivity contribution < 1.29 is 9.53 Å². The quantitative estimate of drug-likeness (QED) is 0.768. The summed E-state index contributed by atoms with van der Waals surface area (Å²) in [7, 11) is 0. The van der Waals surface area contributed by atoms with Gasteiger partial charge >= 0.3 is 0 Å². The number of carbonyl (C=O) groups is 1. The van der Waals surface area contributed by atoms with Gasteiger partial charge in [-0.05, 0) is 43.9 Å². The van der Waals surface area contributed by atoms with Crippen LogP contribution in [0.5, 0.6) is 0 Å². The molecule has 4 aliphatic rings. The zero-order valence-corrected chi connectivity index (χ0v) is 11.5. The molecule has 0 radical (unpaired) electrons. The molecule has 0 aromatic carbocycles. The van der Waals surface area contributed by atoms with Crippen molar-refractivity contribution in [3.63, 3.8) is 0 Å². The SMILES string of the molecule is N[C@@H]1[C@H]2CC[C@@H](C2)[C@H]1C(=O)N1CC[C@]2(CCOC2)C1. The van der Waals surface area contributed by atoms with Gasteiger partial charge in [-0.2, -0.15) is 0 Å². The number of ether oxygens (including phenoxy) is 1. The third-order valence-corrected chi connectivity index (χ3v) is 6.20. The molecular formula is C15H24N2O2. The van der Waals surface area contributed by atoms with E-state index in [9.17, 15) is 4.79 Å². The van der Waals surface area contributed by atoms with Crippen LogP contribution in [0.15, 0.2) is 0 Å². The number of rotatable bonds is 1. The largest absolute Gasteiger partial charge is 0.381 e. The van der Waals surface area contributed by atoms with Crippen LogP contribution in [-0.2, 0) is 9.53 Å². The number of nitrogens with zero attached hydrogens (tertiary/aromatic N) is 1. The molecule has 0 aromatic heterocycles. The lowest BCUT2D eigenvalue weighted by atomic mass is 9.83. The van der Waals surface area contributed by atoms with Crippen LogP contribution in [0.1, 0.15) is 32.1 Å². The van der Waals surface area contributed by atoms with Gasteiger partial charge in [-0.15, -0.1) is 0 Å². The highest BCUT2D eigenvalue weighted by Gasteiger charge is 2.52. The molecule has 5 atom stereocenters. The third-order valence-electron chi connectivity index (χ3n) is 6.20. The van der Waals surface area contributed by atoms with E-state index in [1.807, 2.05) is 0 Å². The Hall–Kier alpha value is -0.610. The minimum atomic E-state index is 0.122. The minimum absolute atomic E-state index is 0.122. The summed E-state index contributed by atoms with van der Waals surface area (Å²) in [4.78, 5) is 14.9. The second-order valence-electron chi connectivity index (χ2n) is 7.25. The summed E-state index contributed by atoms with van der Waals surface area (Å²) in [5, 5.41) is 0. The topological polar surface area (TPSA) is 55.6 Å². The summed E-state index contributed by atoms with van der Waals surface area (Å²) in [5.41, 5.74) is 6.58. The number of hydrogen-bond donors (Lipinski definition) is 1. The number of hydrogen-bond acceptors (Lipinski definition) is 3. The molecule has 4 fully saturated rings. The molecule has 2 saturated carbocycles. The van der Waals surface area contributed by atoms with Gasteiger partial charge in [0.05, 0.1) is 12.5 Å². The van der Waals surface area contributed by atoms with E-state index in [4.69, 9.17) is 10.5 Å². The normalized spacial score (nSPS) is 48.6. The van der Waals surface area contributed by atoms with Crippen LogP contribution in [0, 0.1) is 23.2 Å². The van der Waals surface area contributed by atoms with Gasteiger partial charge in [0.25, 0.3) is 0 Å². The molecule has 2 bridgehead atoms. The highest BCUT2D eigenvalue weighted by Crippen LogP contribution is 2.49. The second-order valence-corrected chi connectivity index (χ2v) is 7.25. The van der Waals surface area contributed by atoms with Crippen LogP contribution >= 0.6 is 0 Å². The van der Waals surface area contributed by atoms with E-state index >= 15 is 0 Å². The van der Waals surface area contributed by atoms with E-state index in [2.05, 4.69) is 4.90 Å². The Bertz CT molecular complexity index is 390. The Labute approximate surface area is 114 Å². The molecule has 2 aliphatic heterocycles. The van der Waals surface area contributed by atoms with Gasteiger partial charge in [-0.25, -0.2) is 0 Å². The molecule has 106 valence electrons. The number of nitrogens with two attached hydrogens (primary N) is 1.